The van der Waals surface area contributed by atoms with Crippen LogP contribution in [0.3, 0.4) is 0 Å². The van der Waals surface area contributed by atoms with Crippen LogP contribution in [0.1, 0.15) is 18.5 Å². The molecule has 2 aromatic heterocycles. The predicted molar refractivity (Wildman–Crippen MR) is 105 cm³/mol. The summed E-state index contributed by atoms with van der Waals surface area (Å²) in [6, 6.07) is 6.55. The molecule has 2 heterocycles. The molecule has 3 N–H and O–H groups in total. The summed E-state index contributed by atoms with van der Waals surface area (Å²) in [5, 5.41) is 15.9. The van der Waals surface area contributed by atoms with E-state index in [4.69, 9.17) is 5.73 Å². The number of fused-ring (bicyclic) bond motifs is 1. The Hall–Kier alpha value is -3.66. The fraction of sp³-hybridized carbons (Fsp3) is 0.200. The van der Waals surface area contributed by atoms with Crippen molar-refractivity contribution in [2.75, 3.05) is 5.73 Å². The third-order valence-corrected chi connectivity index (χ3v) is 5.18. The molecule has 0 aliphatic rings. The van der Waals surface area contributed by atoms with Gasteiger partial charge in [0.2, 0.25) is 0 Å². The number of benzene rings is 2. The third kappa shape index (κ3) is 3.30. The summed E-state index contributed by atoms with van der Waals surface area (Å²) in [4.78, 5) is 21.2. The van der Waals surface area contributed by atoms with Gasteiger partial charge >= 0.3 is 0 Å². The number of nitrogens with zero attached hydrogens (tertiary/aromatic N) is 5. The number of aromatic nitrogens is 5. The van der Waals surface area contributed by atoms with E-state index in [9.17, 15) is 18.7 Å². The second kappa shape index (κ2) is 7.30. The Morgan fingerprint density at radius 2 is 2.00 bits per heavy atom. The van der Waals surface area contributed by atoms with Crippen molar-refractivity contribution in [3.63, 3.8) is 0 Å². The van der Waals surface area contributed by atoms with Crippen molar-refractivity contribution in [2.45, 2.75) is 25.1 Å². The van der Waals surface area contributed by atoms with Crippen LogP contribution in [0.2, 0.25) is 0 Å². The number of anilines is 1. The van der Waals surface area contributed by atoms with Gasteiger partial charge < -0.3 is 10.8 Å². The Balaban J connectivity index is 1.88. The zero-order valence-electron chi connectivity index (χ0n) is 15.9. The van der Waals surface area contributed by atoms with Crippen LogP contribution in [0.4, 0.5) is 14.5 Å². The fourth-order valence-corrected chi connectivity index (χ4v) is 3.50. The Labute approximate surface area is 169 Å². The first-order valence-corrected chi connectivity index (χ1v) is 9.06. The summed E-state index contributed by atoms with van der Waals surface area (Å²) < 4.78 is 30.7. The lowest BCUT2D eigenvalue weighted by Crippen LogP contribution is -2.43. The Kier molecular flexibility index (Phi) is 4.78. The van der Waals surface area contributed by atoms with E-state index in [-0.39, 0.29) is 12.1 Å². The average molecular weight is 412 g/mol. The molecule has 0 fully saturated rings. The molecule has 154 valence electrons. The highest BCUT2D eigenvalue weighted by atomic mass is 19.1. The molecule has 0 aliphatic carbocycles. The highest BCUT2D eigenvalue weighted by molar-refractivity contribution is 5.80. The minimum absolute atomic E-state index is 0.184. The zero-order chi connectivity index (χ0) is 21.5. The van der Waals surface area contributed by atoms with E-state index in [0.29, 0.717) is 22.7 Å². The van der Waals surface area contributed by atoms with Crippen molar-refractivity contribution >= 4 is 16.6 Å². The number of hydrogen-bond acceptors (Lipinski definition) is 6. The van der Waals surface area contributed by atoms with Gasteiger partial charge in [0.05, 0.1) is 29.8 Å². The van der Waals surface area contributed by atoms with Gasteiger partial charge in [-0.1, -0.05) is 6.07 Å². The van der Waals surface area contributed by atoms with E-state index in [1.807, 2.05) is 0 Å². The summed E-state index contributed by atoms with van der Waals surface area (Å²) in [6.45, 7) is 1.31. The molecule has 0 spiro atoms. The van der Waals surface area contributed by atoms with E-state index >= 15 is 0 Å². The lowest BCUT2D eigenvalue weighted by atomic mass is 9.86. The summed E-state index contributed by atoms with van der Waals surface area (Å²) in [5.74, 6) is -1.73. The van der Waals surface area contributed by atoms with Crippen molar-refractivity contribution in [1.82, 2.24) is 24.3 Å². The van der Waals surface area contributed by atoms with Gasteiger partial charge in [0.15, 0.2) is 0 Å². The molecule has 8 nitrogen and oxygen atoms in total. The lowest BCUT2D eigenvalue weighted by Gasteiger charge is -2.35. The first-order valence-electron chi connectivity index (χ1n) is 9.06. The van der Waals surface area contributed by atoms with Crippen LogP contribution in [0, 0.1) is 11.6 Å². The van der Waals surface area contributed by atoms with Gasteiger partial charge in [-0.15, -0.1) is 0 Å². The van der Waals surface area contributed by atoms with Gasteiger partial charge in [0.25, 0.3) is 5.56 Å². The van der Waals surface area contributed by atoms with Crippen LogP contribution in [0.25, 0.3) is 10.9 Å². The molecule has 0 amide bonds. The molecule has 2 atom stereocenters. The second-order valence-corrected chi connectivity index (χ2v) is 7.05. The van der Waals surface area contributed by atoms with Crippen LogP contribution in [0.15, 0.2) is 60.2 Å². The molecule has 0 unspecified atom stereocenters. The van der Waals surface area contributed by atoms with Gasteiger partial charge in [-0.2, -0.15) is 5.10 Å². The van der Waals surface area contributed by atoms with Gasteiger partial charge in [-0.3, -0.25) is 9.36 Å². The summed E-state index contributed by atoms with van der Waals surface area (Å²) in [5.41, 5.74) is 4.00. The maximum atomic E-state index is 14.7. The molecular weight excluding hydrogens is 394 g/mol. The molecule has 0 saturated heterocycles. The van der Waals surface area contributed by atoms with Crippen LogP contribution < -0.4 is 11.3 Å². The topological polar surface area (TPSA) is 112 Å². The van der Waals surface area contributed by atoms with E-state index < -0.39 is 28.8 Å². The summed E-state index contributed by atoms with van der Waals surface area (Å²) in [7, 11) is 0. The summed E-state index contributed by atoms with van der Waals surface area (Å²) >= 11 is 0. The van der Waals surface area contributed by atoms with E-state index in [2.05, 4.69) is 15.1 Å². The Morgan fingerprint density at radius 1 is 1.20 bits per heavy atom. The van der Waals surface area contributed by atoms with Gasteiger partial charge in [-0.25, -0.2) is 23.4 Å². The number of halogens is 2. The molecule has 0 saturated carbocycles. The predicted octanol–water partition coefficient (Wildman–Crippen LogP) is 2.00. The first kappa shape index (κ1) is 19.6. The van der Waals surface area contributed by atoms with E-state index in [1.54, 1.807) is 19.1 Å². The lowest BCUT2D eigenvalue weighted by molar-refractivity contribution is -0.0343. The van der Waals surface area contributed by atoms with Crippen molar-refractivity contribution in [1.29, 1.82) is 0 Å². The average Bonchev–Trinajstić information content (AvgIpc) is 3.20. The van der Waals surface area contributed by atoms with Crippen molar-refractivity contribution < 1.29 is 13.9 Å². The SMILES string of the molecule is C[C@@H](n1cnc2cc(N)ccc2c1=O)[C@](O)(Cn1cncn1)c1ccc(F)cc1F. The van der Waals surface area contributed by atoms with E-state index in [0.717, 1.165) is 12.1 Å². The first-order chi connectivity index (χ1) is 14.3. The van der Waals surface area contributed by atoms with Gasteiger partial charge in [0.1, 0.15) is 29.9 Å². The number of aliphatic hydroxyl groups is 1. The van der Waals surface area contributed by atoms with Crippen molar-refractivity contribution in [3.8, 4) is 0 Å². The molecule has 4 aromatic rings. The maximum Gasteiger partial charge on any atom is 0.261 e. The van der Waals surface area contributed by atoms with Gasteiger partial charge in [0, 0.05) is 17.3 Å². The smallest absolute Gasteiger partial charge is 0.261 e. The third-order valence-electron chi connectivity index (χ3n) is 5.18. The number of nitrogen functional groups attached to an aromatic ring is 1. The second-order valence-electron chi connectivity index (χ2n) is 7.05. The van der Waals surface area contributed by atoms with Gasteiger partial charge in [-0.05, 0) is 31.2 Å². The van der Waals surface area contributed by atoms with Crippen LogP contribution >= 0.6 is 0 Å². The molecule has 30 heavy (non-hydrogen) atoms. The minimum Gasteiger partial charge on any atom is -0.399 e. The number of nitrogens with two attached hydrogens (primary N) is 1. The molecule has 4 rings (SSSR count). The van der Waals surface area contributed by atoms with Crippen LogP contribution in [-0.2, 0) is 12.1 Å². The monoisotopic (exact) mass is 412 g/mol. The zero-order valence-corrected chi connectivity index (χ0v) is 15.9. The Morgan fingerprint density at radius 3 is 2.70 bits per heavy atom. The quantitative estimate of drug-likeness (QED) is 0.485. The van der Waals surface area contributed by atoms with Crippen LogP contribution in [0.5, 0.6) is 0 Å². The number of rotatable bonds is 5. The molecular formula is C20H18F2N6O2. The normalized spacial score (nSPS) is 14.5. The van der Waals surface area contributed by atoms with Crippen molar-refractivity contribution in [2.24, 2.45) is 0 Å². The summed E-state index contributed by atoms with van der Waals surface area (Å²) in [6.07, 6.45) is 3.88. The number of hydrogen-bond donors (Lipinski definition) is 2. The molecule has 0 radical (unpaired) electrons. The standard InChI is InChI=1S/C20H18F2N6O2/c1-12(28-11-25-18-7-14(23)3-4-15(18)19(28)29)20(30,8-27-10-24-9-26-27)16-5-2-13(21)6-17(16)22/h2-7,9-12,30H,8,23H2,1H3/t12-,20-/m1/s1. The van der Waals surface area contributed by atoms with Crippen molar-refractivity contribution in [3.05, 3.63) is 82.9 Å². The molecule has 0 aliphatic heterocycles. The molecule has 2 aromatic carbocycles. The van der Waals surface area contributed by atoms with E-state index in [1.165, 1.54) is 34.3 Å². The highest BCUT2D eigenvalue weighted by Crippen LogP contribution is 2.36. The maximum absolute atomic E-state index is 14.7. The molecule has 0 bridgehead atoms. The molecule has 10 heteroatoms. The minimum atomic E-state index is -1.97. The largest absolute Gasteiger partial charge is 0.399 e. The highest BCUT2D eigenvalue weighted by Gasteiger charge is 2.41. The van der Waals surface area contributed by atoms with Crippen LogP contribution in [-0.4, -0.2) is 29.4 Å². The fourth-order valence-electron chi connectivity index (χ4n) is 3.50. The Bertz CT molecular complexity index is 1270.